The second kappa shape index (κ2) is 18.4. The molecule has 1 rings (SSSR count). The lowest BCUT2D eigenvalue weighted by atomic mass is 10.0. The van der Waals surface area contributed by atoms with Gasteiger partial charge in [0.05, 0.1) is 36.0 Å². The molecule has 0 spiro atoms. The highest BCUT2D eigenvalue weighted by molar-refractivity contribution is 5.92. The zero-order valence-corrected chi connectivity index (χ0v) is 28.4. The van der Waals surface area contributed by atoms with E-state index in [0.29, 0.717) is 25.1 Å². The van der Waals surface area contributed by atoms with Gasteiger partial charge in [-0.15, -0.1) is 5.10 Å². The number of nitrogens with two attached hydrogens (primary N) is 1. The van der Waals surface area contributed by atoms with Crippen LogP contribution in [0.25, 0.3) is 0 Å². The largest absolute Gasteiger partial charge is 0.376 e. The molecule has 3 unspecified atom stereocenters. The molecule has 45 heavy (non-hydrogen) atoms. The van der Waals surface area contributed by atoms with Gasteiger partial charge in [0, 0.05) is 19.6 Å². The summed E-state index contributed by atoms with van der Waals surface area (Å²) in [5.41, 5.74) is 5.09. The lowest BCUT2D eigenvalue weighted by Crippen LogP contribution is -2.53. The summed E-state index contributed by atoms with van der Waals surface area (Å²) >= 11 is 0. The molecule has 15 heteroatoms. The zero-order chi connectivity index (χ0) is 34.4. The van der Waals surface area contributed by atoms with Crippen LogP contribution in [0.5, 0.6) is 0 Å². The molecule has 15 nitrogen and oxygen atoms in total. The number of carbonyl (C=O) groups excluding carboxylic acids is 5. The summed E-state index contributed by atoms with van der Waals surface area (Å²) in [6, 6.07) is -2.96. The van der Waals surface area contributed by atoms with E-state index in [1.807, 2.05) is 34.6 Å². The number of aromatic nitrogens is 3. The molecule has 1 aromatic rings. The number of Topliss-reactive ketones (excluding diaryl/α,β-unsaturated/α-hetero) is 1. The van der Waals surface area contributed by atoms with E-state index in [1.165, 1.54) is 6.92 Å². The van der Waals surface area contributed by atoms with Crippen molar-refractivity contribution >= 4 is 29.5 Å². The number of nitrogens with one attached hydrogen (secondary N) is 5. The number of amides is 5. The van der Waals surface area contributed by atoms with Gasteiger partial charge in [0.1, 0.15) is 11.7 Å². The van der Waals surface area contributed by atoms with Crippen LogP contribution in [0.3, 0.4) is 0 Å². The molecular formula is C30H55N9O6. The molecule has 0 aliphatic rings. The minimum atomic E-state index is -0.878. The first-order valence-electron chi connectivity index (χ1n) is 15.5. The van der Waals surface area contributed by atoms with Crippen molar-refractivity contribution in [2.24, 2.45) is 11.7 Å². The maximum absolute atomic E-state index is 13.0. The first-order chi connectivity index (χ1) is 20.9. The number of primary amides is 1. The molecule has 1 aromatic heterocycles. The molecule has 0 aliphatic carbocycles. The van der Waals surface area contributed by atoms with E-state index >= 15 is 0 Å². The van der Waals surface area contributed by atoms with Crippen LogP contribution in [0.15, 0.2) is 6.20 Å². The molecular weight excluding hydrogens is 582 g/mol. The standard InChI is InChI=1S/C30H55N9O6/c1-19(2)25(27(43)35-22(20(3)40)11-10-15-33-28(31)44)36-24(41)13-12-23(32-9)26(42)34-17-21-18-39(38-37-21)30(7,8)14-16-45-29(4,5)6/h18-19,22-23,25,32H,10-17H2,1-9H3,(H,34,42)(H,35,43)(H,36,41)(H3,31,33,44). The molecule has 0 aromatic carbocycles. The molecule has 0 saturated carbocycles. The van der Waals surface area contributed by atoms with Gasteiger partial charge < -0.3 is 37.1 Å². The summed E-state index contributed by atoms with van der Waals surface area (Å²) in [6.07, 6.45) is 3.45. The van der Waals surface area contributed by atoms with Crippen LogP contribution in [0.4, 0.5) is 4.79 Å². The monoisotopic (exact) mass is 637 g/mol. The Labute approximate surface area is 266 Å². The number of ketones is 1. The van der Waals surface area contributed by atoms with Gasteiger partial charge in [-0.2, -0.15) is 0 Å². The van der Waals surface area contributed by atoms with Gasteiger partial charge in [-0.1, -0.05) is 19.1 Å². The van der Waals surface area contributed by atoms with Crippen molar-refractivity contribution in [3.63, 3.8) is 0 Å². The molecule has 256 valence electrons. The van der Waals surface area contributed by atoms with Crippen molar-refractivity contribution in [1.29, 1.82) is 0 Å². The van der Waals surface area contributed by atoms with E-state index < -0.39 is 36.0 Å². The Morgan fingerprint density at radius 3 is 2.20 bits per heavy atom. The highest BCUT2D eigenvalue weighted by Gasteiger charge is 2.28. The number of nitrogens with zero attached hydrogens (tertiary/aromatic N) is 3. The fourth-order valence-corrected chi connectivity index (χ4v) is 4.32. The molecule has 0 aliphatic heterocycles. The highest BCUT2D eigenvalue weighted by atomic mass is 16.5. The lowest BCUT2D eigenvalue weighted by Gasteiger charge is -2.27. The number of rotatable bonds is 20. The quantitative estimate of drug-likeness (QED) is 0.112. The number of ether oxygens (including phenoxy) is 1. The van der Waals surface area contributed by atoms with Crippen molar-refractivity contribution in [2.75, 3.05) is 20.2 Å². The van der Waals surface area contributed by atoms with Crippen molar-refractivity contribution in [2.45, 2.75) is 123 Å². The third-order valence-corrected chi connectivity index (χ3v) is 7.22. The summed E-state index contributed by atoms with van der Waals surface area (Å²) < 4.78 is 7.61. The van der Waals surface area contributed by atoms with Crippen LogP contribution in [0.1, 0.15) is 93.2 Å². The Morgan fingerprint density at radius 2 is 1.64 bits per heavy atom. The van der Waals surface area contributed by atoms with Crippen molar-refractivity contribution in [1.82, 2.24) is 41.6 Å². The Bertz CT molecular complexity index is 1130. The Morgan fingerprint density at radius 1 is 0.978 bits per heavy atom. The summed E-state index contributed by atoms with van der Waals surface area (Å²) in [5.74, 6) is -1.68. The normalized spacial score (nSPS) is 13.9. The number of likely N-dealkylation sites (N-methyl/N-ethyl adjacent to an activating group) is 1. The van der Waals surface area contributed by atoms with Gasteiger partial charge in [-0.05, 0) is 80.2 Å². The molecule has 0 radical (unpaired) electrons. The molecule has 3 atom stereocenters. The van der Waals surface area contributed by atoms with Gasteiger partial charge in [-0.25, -0.2) is 9.48 Å². The van der Waals surface area contributed by atoms with E-state index in [4.69, 9.17) is 10.5 Å². The van der Waals surface area contributed by atoms with E-state index in [9.17, 15) is 24.0 Å². The summed E-state index contributed by atoms with van der Waals surface area (Å²) in [4.78, 5) is 61.6. The molecule has 0 saturated heterocycles. The van der Waals surface area contributed by atoms with Crippen molar-refractivity contribution in [3.05, 3.63) is 11.9 Å². The number of hydrogen-bond donors (Lipinski definition) is 6. The van der Waals surface area contributed by atoms with Crippen LogP contribution in [0, 0.1) is 5.92 Å². The van der Waals surface area contributed by atoms with Crippen LogP contribution < -0.4 is 32.3 Å². The summed E-state index contributed by atoms with van der Waals surface area (Å²) in [7, 11) is 1.63. The topological polar surface area (TPSA) is 211 Å². The van der Waals surface area contributed by atoms with Crippen LogP contribution in [0.2, 0.25) is 0 Å². The van der Waals surface area contributed by atoms with Gasteiger partial charge in [0.2, 0.25) is 17.7 Å². The van der Waals surface area contributed by atoms with E-state index in [1.54, 1.807) is 31.8 Å². The van der Waals surface area contributed by atoms with E-state index in [-0.39, 0.29) is 54.7 Å². The zero-order valence-electron chi connectivity index (χ0n) is 28.4. The average molecular weight is 638 g/mol. The Kier molecular flexibility index (Phi) is 16.1. The number of hydrogen-bond acceptors (Lipinski definition) is 9. The third kappa shape index (κ3) is 15.3. The summed E-state index contributed by atoms with van der Waals surface area (Å²) in [5, 5.41) is 22.1. The highest BCUT2D eigenvalue weighted by Crippen LogP contribution is 2.20. The molecule has 7 N–H and O–H groups in total. The van der Waals surface area contributed by atoms with Gasteiger partial charge in [0.25, 0.3) is 0 Å². The SMILES string of the molecule is CNC(CCC(=O)NC(C(=O)NC(CCCNC(N)=O)C(C)=O)C(C)C)C(=O)NCc1cn(C(C)(C)CCOC(C)(C)C)nn1. The van der Waals surface area contributed by atoms with E-state index in [2.05, 4.69) is 36.9 Å². The van der Waals surface area contributed by atoms with Gasteiger partial charge >= 0.3 is 6.03 Å². The molecule has 1 heterocycles. The van der Waals surface area contributed by atoms with Gasteiger partial charge in [-0.3, -0.25) is 19.2 Å². The van der Waals surface area contributed by atoms with Crippen LogP contribution in [-0.4, -0.2) is 88.5 Å². The fourth-order valence-electron chi connectivity index (χ4n) is 4.32. The maximum atomic E-state index is 13.0. The number of urea groups is 1. The lowest BCUT2D eigenvalue weighted by molar-refractivity contribution is -0.132. The molecule has 0 bridgehead atoms. The Balaban J connectivity index is 2.64. The molecule has 0 fully saturated rings. The second-order valence-corrected chi connectivity index (χ2v) is 13.2. The predicted octanol–water partition coefficient (Wildman–Crippen LogP) is 0.866. The third-order valence-electron chi connectivity index (χ3n) is 7.22. The maximum Gasteiger partial charge on any atom is 0.312 e. The van der Waals surface area contributed by atoms with E-state index in [0.717, 1.165) is 6.42 Å². The minimum Gasteiger partial charge on any atom is -0.376 e. The number of carbonyl (C=O) groups is 5. The van der Waals surface area contributed by atoms with Crippen LogP contribution in [-0.2, 0) is 36.0 Å². The first kappa shape index (κ1) is 39.4. The fraction of sp³-hybridized carbons (Fsp3) is 0.767. The average Bonchev–Trinajstić information content (AvgIpc) is 3.41. The smallest absolute Gasteiger partial charge is 0.312 e. The summed E-state index contributed by atoms with van der Waals surface area (Å²) in [6.45, 7) is 16.0. The van der Waals surface area contributed by atoms with Gasteiger partial charge in [0.15, 0.2) is 5.78 Å². The predicted molar refractivity (Wildman–Crippen MR) is 170 cm³/mol. The molecule has 5 amide bonds. The minimum absolute atomic E-state index is 0.00857. The van der Waals surface area contributed by atoms with Crippen molar-refractivity contribution in [3.8, 4) is 0 Å². The van der Waals surface area contributed by atoms with Crippen molar-refractivity contribution < 1.29 is 28.7 Å². The first-order valence-corrected chi connectivity index (χ1v) is 15.5. The Hall–Kier alpha value is -3.59. The van der Waals surface area contributed by atoms with Crippen LogP contribution >= 0.6 is 0 Å². The second-order valence-electron chi connectivity index (χ2n) is 13.2.